The van der Waals surface area contributed by atoms with Gasteiger partial charge in [-0.3, -0.25) is 9.13 Å². The first-order valence-corrected chi connectivity index (χ1v) is 10.2. The van der Waals surface area contributed by atoms with Gasteiger partial charge >= 0.3 is 0 Å². The number of halogens is 1. The van der Waals surface area contributed by atoms with E-state index in [-0.39, 0.29) is 17.9 Å². The van der Waals surface area contributed by atoms with Crippen LogP contribution < -0.4 is 4.90 Å². The van der Waals surface area contributed by atoms with Crippen LogP contribution in [0.4, 0.5) is 10.2 Å². The van der Waals surface area contributed by atoms with E-state index in [2.05, 4.69) is 32.0 Å². The molecule has 0 bridgehead atoms. The van der Waals surface area contributed by atoms with Gasteiger partial charge in [0, 0.05) is 18.0 Å². The number of hydrogen-bond acceptors (Lipinski definition) is 7. The monoisotopic (exact) mass is 418 g/mol. The van der Waals surface area contributed by atoms with Crippen LogP contribution in [0.2, 0.25) is 0 Å². The maximum absolute atomic E-state index is 13.4. The SMILES string of the molecule is CC[C@@H]1c2nncn2-c2cnc(-n3ccnc3-c3ccc(F)cc3)nc2N1C1COC1. The van der Waals surface area contributed by atoms with E-state index in [1.54, 1.807) is 30.9 Å². The van der Waals surface area contributed by atoms with Crippen LogP contribution in [-0.2, 0) is 4.74 Å². The number of hydrogen-bond donors (Lipinski definition) is 0. The summed E-state index contributed by atoms with van der Waals surface area (Å²) in [6, 6.07) is 6.49. The molecule has 0 spiro atoms. The highest BCUT2D eigenvalue weighted by Crippen LogP contribution is 2.40. The van der Waals surface area contributed by atoms with E-state index in [1.165, 1.54) is 12.1 Å². The Morgan fingerprint density at radius 2 is 1.97 bits per heavy atom. The third-order valence-electron chi connectivity index (χ3n) is 5.81. The molecule has 6 rings (SSSR count). The van der Waals surface area contributed by atoms with E-state index >= 15 is 0 Å². The molecule has 1 saturated heterocycles. The van der Waals surface area contributed by atoms with Gasteiger partial charge in [-0.25, -0.2) is 14.4 Å². The lowest BCUT2D eigenvalue weighted by Gasteiger charge is -2.45. The number of anilines is 1. The number of benzene rings is 1. The van der Waals surface area contributed by atoms with Crippen LogP contribution in [0, 0.1) is 5.82 Å². The van der Waals surface area contributed by atoms with Gasteiger partial charge in [-0.05, 0) is 30.7 Å². The highest BCUT2D eigenvalue weighted by atomic mass is 19.1. The normalized spacial score (nSPS) is 17.9. The van der Waals surface area contributed by atoms with E-state index < -0.39 is 0 Å². The van der Waals surface area contributed by atoms with Gasteiger partial charge in [0.25, 0.3) is 0 Å². The van der Waals surface area contributed by atoms with Crippen molar-refractivity contribution in [1.29, 1.82) is 0 Å². The molecule has 0 unspecified atom stereocenters. The summed E-state index contributed by atoms with van der Waals surface area (Å²) in [5, 5.41) is 8.49. The second kappa shape index (κ2) is 6.95. The van der Waals surface area contributed by atoms with Crippen molar-refractivity contribution in [1.82, 2.24) is 34.3 Å². The number of ether oxygens (including phenoxy) is 1. The molecule has 156 valence electrons. The van der Waals surface area contributed by atoms with Gasteiger partial charge in [-0.15, -0.1) is 10.2 Å². The molecule has 5 heterocycles. The minimum atomic E-state index is -0.291. The highest BCUT2D eigenvalue weighted by molar-refractivity contribution is 5.64. The van der Waals surface area contributed by atoms with E-state index in [1.807, 2.05) is 15.3 Å². The number of imidazole rings is 1. The molecule has 1 atom stereocenters. The Labute approximate surface area is 177 Å². The molecule has 10 heteroatoms. The van der Waals surface area contributed by atoms with Crippen LogP contribution in [0.1, 0.15) is 25.2 Å². The predicted octanol–water partition coefficient (Wildman–Crippen LogP) is 2.72. The summed E-state index contributed by atoms with van der Waals surface area (Å²) in [4.78, 5) is 16.3. The largest absolute Gasteiger partial charge is 0.377 e. The zero-order valence-electron chi connectivity index (χ0n) is 16.8. The van der Waals surface area contributed by atoms with Crippen molar-refractivity contribution in [2.45, 2.75) is 25.4 Å². The first-order chi connectivity index (χ1) is 15.2. The smallest absolute Gasteiger partial charge is 0.237 e. The van der Waals surface area contributed by atoms with Crippen LogP contribution in [0.25, 0.3) is 23.0 Å². The lowest BCUT2D eigenvalue weighted by atomic mass is 10.0. The number of fused-ring (bicyclic) bond motifs is 3. The summed E-state index contributed by atoms with van der Waals surface area (Å²) >= 11 is 0. The molecule has 31 heavy (non-hydrogen) atoms. The number of rotatable bonds is 4. The van der Waals surface area contributed by atoms with Crippen molar-refractivity contribution in [2.24, 2.45) is 0 Å². The van der Waals surface area contributed by atoms with Crippen molar-refractivity contribution in [3.63, 3.8) is 0 Å². The van der Waals surface area contributed by atoms with Crippen molar-refractivity contribution < 1.29 is 9.13 Å². The van der Waals surface area contributed by atoms with Crippen LogP contribution >= 0.6 is 0 Å². The molecule has 3 aromatic heterocycles. The Morgan fingerprint density at radius 1 is 1.13 bits per heavy atom. The molecule has 0 amide bonds. The van der Waals surface area contributed by atoms with Crippen LogP contribution in [-0.4, -0.2) is 53.5 Å². The molecule has 1 fully saturated rings. The second-order valence-electron chi connectivity index (χ2n) is 7.59. The van der Waals surface area contributed by atoms with E-state index in [9.17, 15) is 4.39 Å². The summed E-state index contributed by atoms with van der Waals surface area (Å²) in [5.41, 5.74) is 1.62. The summed E-state index contributed by atoms with van der Waals surface area (Å²) in [5.74, 6) is 2.54. The quantitative estimate of drug-likeness (QED) is 0.504. The van der Waals surface area contributed by atoms with Crippen molar-refractivity contribution >= 4 is 5.82 Å². The molecule has 0 radical (unpaired) electrons. The maximum Gasteiger partial charge on any atom is 0.237 e. The zero-order chi connectivity index (χ0) is 20.9. The van der Waals surface area contributed by atoms with E-state index in [0.29, 0.717) is 25.0 Å². The lowest BCUT2D eigenvalue weighted by molar-refractivity contribution is 0.00339. The molecule has 9 nitrogen and oxygen atoms in total. The Kier molecular flexibility index (Phi) is 4.06. The summed E-state index contributed by atoms with van der Waals surface area (Å²) in [6.45, 7) is 3.43. The van der Waals surface area contributed by atoms with Gasteiger partial charge in [0.15, 0.2) is 11.6 Å². The van der Waals surface area contributed by atoms with Crippen LogP contribution in [0.5, 0.6) is 0 Å². The van der Waals surface area contributed by atoms with Crippen LogP contribution in [0.3, 0.4) is 0 Å². The van der Waals surface area contributed by atoms with Crippen molar-refractivity contribution in [3.8, 4) is 23.0 Å². The van der Waals surface area contributed by atoms with Gasteiger partial charge in [0.05, 0.1) is 31.5 Å². The van der Waals surface area contributed by atoms with Crippen molar-refractivity contribution in [3.05, 3.63) is 60.8 Å². The fourth-order valence-corrected chi connectivity index (χ4v) is 4.23. The van der Waals surface area contributed by atoms with Crippen molar-refractivity contribution in [2.75, 3.05) is 18.1 Å². The molecule has 2 aliphatic rings. The number of aromatic nitrogens is 7. The molecule has 4 aromatic rings. The van der Waals surface area contributed by atoms with Crippen LogP contribution in [0.15, 0.2) is 49.2 Å². The molecular weight excluding hydrogens is 399 g/mol. The Bertz CT molecular complexity index is 1250. The van der Waals surface area contributed by atoms with Gasteiger partial charge in [-0.1, -0.05) is 6.92 Å². The Balaban J connectivity index is 1.50. The zero-order valence-corrected chi connectivity index (χ0v) is 16.8. The Hall–Kier alpha value is -3.66. The lowest BCUT2D eigenvalue weighted by Crippen LogP contribution is -2.53. The molecular formula is C21H19FN8O. The molecule has 2 aliphatic heterocycles. The summed E-state index contributed by atoms with van der Waals surface area (Å²) < 4.78 is 22.6. The first-order valence-electron chi connectivity index (χ1n) is 10.2. The second-order valence-corrected chi connectivity index (χ2v) is 7.59. The minimum absolute atomic E-state index is 0.0472. The van der Waals surface area contributed by atoms with Gasteiger partial charge in [0.2, 0.25) is 5.95 Å². The first kappa shape index (κ1) is 18.1. The third kappa shape index (κ3) is 2.75. The molecule has 1 aromatic carbocycles. The average molecular weight is 418 g/mol. The highest BCUT2D eigenvalue weighted by Gasteiger charge is 2.40. The fraction of sp³-hybridized carbons (Fsp3) is 0.286. The predicted molar refractivity (Wildman–Crippen MR) is 110 cm³/mol. The average Bonchev–Trinajstić information content (AvgIpc) is 3.43. The molecule has 0 aliphatic carbocycles. The van der Waals surface area contributed by atoms with Gasteiger partial charge in [-0.2, -0.15) is 4.98 Å². The number of nitrogens with zero attached hydrogens (tertiary/aromatic N) is 8. The maximum atomic E-state index is 13.4. The molecule has 0 saturated carbocycles. The minimum Gasteiger partial charge on any atom is -0.377 e. The van der Waals surface area contributed by atoms with E-state index in [4.69, 9.17) is 9.72 Å². The Morgan fingerprint density at radius 3 is 2.71 bits per heavy atom. The summed E-state index contributed by atoms with van der Waals surface area (Å²) in [6.07, 6.45) is 7.85. The van der Waals surface area contributed by atoms with E-state index in [0.717, 1.165) is 29.3 Å². The topological polar surface area (TPSA) is 86.8 Å². The standard InChI is InChI=1S/C21H19FN8O/c1-2-16-20-27-25-12-29(20)17-9-24-21(26-19(17)30(16)15-10-31-11-15)28-8-7-23-18(28)13-3-5-14(22)6-4-13/h3-9,12,15-16H,2,10-11H2,1H3/t16-/m1/s1. The fourth-order valence-electron chi connectivity index (χ4n) is 4.23. The summed E-state index contributed by atoms with van der Waals surface area (Å²) in [7, 11) is 0. The van der Waals surface area contributed by atoms with Gasteiger partial charge < -0.3 is 9.64 Å². The third-order valence-corrected chi connectivity index (χ3v) is 5.81. The molecule has 0 N–H and O–H groups in total. The van der Waals surface area contributed by atoms with Gasteiger partial charge in [0.1, 0.15) is 23.7 Å².